The highest BCUT2D eigenvalue weighted by molar-refractivity contribution is 6.30. The molecule has 0 fully saturated rings. The van der Waals surface area contributed by atoms with Crippen LogP contribution in [0.15, 0.2) is 28.8 Å². The van der Waals surface area contributed by atoms with Gasteiger partial charge in [-0.25, -0.2) is 4.39 Å². The predicted octanol–water partition coefficient (Wildman–Crippen LogP) is 2.42. The van der Waals surface area contributed by atoms with Gasteiger partial charge < -0.3 is 10.3 Å². The first-order valence-electron chi connectivity index (χ1n) is 5.33. The van der Waals surface area contributed by atoms with Gasteiger partial charge in [-0.3, -0.25) is 0 Å². The molecule has 2 N–H and O–H groups in total. The molecule has 2 aromatic rings. The third-order valence-corrected chi connectivity index (χ3v) is 2.55. The van der Waals surface area contributed by atoms with E-state index >= 15 is 0 Å². The Bertz CT molecular complexity index is 568. The first-order chi connectivity index (χ1) is 8.70. The molecule has 0 aliphatic heterocycles. The van der Waals surface area contributed by atoms with E-state index in [1.165, 1.54) is 6.07 Å². The van der Waals surface area contributed by atoms with E-state index in [0.717, 1.165) is 0 Å². The van der Waals surface area contributed by atoms with Crippen molar-refractivity contribution in [2.75, 3.05) is 6.54 Å². The molecular formula is C12H11ClFN3O. The smallest absolute Gasteiger partial charge is 0.250 e. The molecule has 0 aliphatic rings. The Balaban J connectivity index is 2.16. The van der Waals surface area contributed by atoms with Crippen molar-refractivity contribution in [2.24, 2.45) is 5.73 Å². The summed E-state index contributed by atoms with van der Waals surface area (Å²) < 4.78 is 18.6. The molecule has 0 radical (unpaired) electrons. The minimum atomic E-state index is -0.456. The molecule has 94 valence electrons. The van der Waals surface area contributed by atoms with Gasteiger partial charge in [0, 0.05) is 19.0 Å². The third kappa shape index (κ3) is 2.94. The zero-order valence-corrected chi connectivity index (χ0v) is 10.2. The minimum Gasteiger partial charge on any atom is -0.335 e. The second kappa shape index (κ2) is 5.75. The summed E-state index contributed by atoms with van der Waals surface area (Å²) in [4.78, 5) is 4.08. The Morgan fingerprint density at radius 1 is 1.44 bits per heavy atom. The Morgan fingerprint density at radius 2 is 2.28 bits per heavy atom. The van der Waals surface area contributed by atoms with Gasteiger partial charge in [-0.15, -0.1) is 0 Å². The number of nitrogens with zero attached hydrogens (tertiary/aromatic N) is 2. The van der Waals surface area contributed by atoms with Crippen LogP contribution in [0.1, 0.15) is 17.3 Å². The maximum atomic E-state index is 13.6. The molecule has 0 spiro atoms. The van der Waals surface area contributed by atoms with Crippen molar-refractivity contribution in [1.29, 1.82) is 0 Å². The van der Waals surface area contributed by atoms with Crippen LogP contribution in [-0.4, -0.2) is 16.7 Å². The number of aromatic nitrogens is 2. The number of hydrogen-bond donors (Lipinski definition) is 1. The van der Waals surface area contributed by atoms with Crippen LogP contribution >= 0.6 is 11.6 Å². The topological polar surface area (TPSA) is 64.9 Å². The maximum absolute atomic E-state index is 13.6. The third-order valence-electron chi connectivity index (χ3n) is 2.26. The van der Waals surface area contributed by atoms with Crippen LogP contribution in [0.4, 0.5) is 4.39 Å². The lowest BCUT2D eigenvalue weighted by Crippen LogP contribution is -1.95. The second-order valence-electron chi connectivity index (χ2n) is 3.58. The normalized spacial score (nSPS) is 11.3. The molecule has 0 unspecified atom stereocenters. The van der Waals surface area contributed by atoms with E-state index < -0.39 is 5.82 Å². The van der Waals surface area contributed by atoms with Crippen LogP contribution in [-0.2, 0) is 6.42 Å². The first-order valence-corrected chi connectivity index (χ1v) is 5.70. The highest BCUT2D eigenvalue weighted by Gasteiger charge is 2.10. The lowest BCUT2D eigenvalue weighted by molar-refractivity contribution is 0.403. The van der Waals surface area contributed by atoms with Gasteiger partial charge in [0.05, 0.1) is 5.02 Å². The van der Waals surface area contributed by atoms with Crippen molar-refractivity contribution < 1.29 is 8.91 Å². The predicted molar refractivity (Wildman–Crippen MR) is 66.6 cm³/mol. The van der Waals surface area contributed by atoms with Crippen LogP contribution in [0.25, 0.3) is 6.08 Å². The number of benzene rings is 1. The van der Waals surface area contributed by atoms with Gasteiger partial charge in [0.2, 0.25) is 5.89 Å². The van der Waals surface area contributed by atoms with E-state index in [2.05, 4.69) is 10.1 Å². The first kappa shape index (κ1) is 12.7. The van der Waals surface area contributed by atoms with Crippen molar-refractivity contribution in [3.05, 3.63) is 52.4 Å². The molecule has 18 heavy (non-hydrogen) atoms. The lowest BCUT2D eigenvalue weighted by Gasteiger charge is -2.00. The van der Waals surface area contributed by atoms with Gasteiger partial charge in [0.15, 0.2) is 5.82 Å². The number of hydrogen-bond acceptors (Lipinski definition) is 4. The summed E-state index contributed by atoms with van der Waals surface area (Å²) in [6.07, 6.45) is 3.54. The Hall–Kier alpha value is -1.72. The molecule has 0 aliphatic carbocycles. The Morgan fingerprint density at radius 3 is 3.06 bits per heavy atom. The van der Waals surface area contributed by atoms with E-state index in [1.807, 2.05) is 0 Å². The van der Waals surface area contributed by atoms with Gasteiger partial charge in [0.25, 0.3) is 0 Å². The molecule has 1 heterocycles. The second-order valence-corrected chi connectivity index (χ2v) is 3.98. The van der Waals surface area contributed by atoms with Crippen molar-refractivity contribution in [1.82, 2.24) is 10.1 Å². The monoisotopic (exact) mass is 267 g/mol. The molecular weight excluding hydrogens is 257 g/mol. The standard InChI is InChI=1S/C12H11ClFN3O/c13-9-4-1-3-8(12(9)14)7-10-16-11(18-17-10)5-2-6-15/h1-5H,6-7,15H2/b5-2+. The van der Waals surface area contributed by atoms with Gasteiger partial charge in [-0.05, 0) is 11.6 Å². The molecule has 4 nitrogen and oxygen atoms in total. The molecule has 0 saturated heterocycles. The summed E-state index contributed by atoms with van der Waals surface area (Å²) in [7, 11) is 0. The van der Waals surface area contributed by atoms with Crippen LogP contribution in [0, 0.1) is 5.82 Å². The van der Waals surface area contributed by atoms with Gasteiger partial charge in [-0.1, -0.05) is 35.0 Å². The van der Waals surface area contributed by atoms with Crippen LogP contribution in [0.5, 0.6) is 0 Å². The van der Waals surface area contributed by atoms with E-state index in [9.17, 15) is 4.39 Å². The SMILES string of the molecule is NC/C=C/c1nc(Cc2cccc(Cl)c2F)no1. The lowest BCUT2D eigenvalue weighted by atomic mass is 10.1. The summed E-state index contributed by atoms with van der Waals surface area (Å²) in [5.74, 6) is 0.286. The van der Waals surface area contributed by atoms with Crippen molar-refractivity contribution >= 4 is 17.7 Å². The van der Waals surface area contributed by atoms with Crippen molar-refractivity contribution in [2.45, 2.75) is 6.42 Å². The maximum Gasteiger partial charge on any atom is 0.250 e. The largest absolute Gasteiger partial charge is 0.335 e. The Kier molecular flexibility index (Phi) is 4.07. The highest BCUT2D eigenvalue weighted by Crippen LogP contribution is 2.19. The highest BCUT2D eigenvalue weighted by atomic mass is 35.5. The van der Waals surface area contributed by atoms with E-state index in [4.69, 9.17) is 21.9 Å². The summed E-state index contributed by atoms with van der Waals surface area (Å²) >= 11 is 5.69. The number of halogens is 2. The van der Waals surface area contributed by atoms with Crippen molar-refractivity contribution in [3.63, 3.8) is 0 Å². The fourth-order valence-electron chi connectivity index (χ4n) is 1.43. The van der Waals surface area contributed by atoms with Crippen LogP contribution < -0.4 is 5.73 Å². The summed E-state index contributed by atoms with van der Waals surface area (Å²) in [6, 6.07) is 4.80. The average Bonchev–Trinajstić information content (AvgIpc) is 2.80. The van der Waals surface area contributed by atoms with Crippen molar-refractivity contribution in [3.8, 4) is 0 Å². The minimum absolute atomic E-state index is 0.0826. The zero-order valence-electron chi connectivity index (χ0n) is 9.44. The summed E-state index contributed by atoms with van der Waals surface area (Å²) in [5, 5.41) is 3.83. The molecule has 0 saturated carbocycles. The average molecular weight is 268 g/mol. The molecule has 0 bridgehead atoms. The molecule has 2 rings (SSSR count). The fraction of sp³-hybridized carbons (Fsp3) is 0.167. The number of nitrogens with two attached hydrogens (primary N) is 1. The summed E-state index contributed by atoms with van der Waals surface area (Å²) in [6.45, 7) is 0.390. The van der Waals surface area contributed by atoms with Gasteiger partial charge in [-0.2, -0.15) is 4.98 Å². The van der Waals surface area contributed by atoms with Crippen LogP contribution in [0.2, 0.25) is 5.02 Å². The number of rotatable bonds is 4. The fourth-order valence-corrected chi connectivity index (χ4v) is 1.63. The molecule has 1 aromatic carbocycles. The molecule has 0 atom stereocenters. The van der Waals surface area contributed by atoms with E-state index in [0.29, 0.717) is 23.8 Å². The zero-order chi connectivity index (χ0) is 13.0. The molecule has 1 aromatic heterocycles. The van der Waals surface area contributed by atoms with E-state index in [-0.39, 0.29) is 11.4 Å². The van der Waals surface area contributed by atoms with E-state index in [1.54, 1.807) is 24.3 Å². The summed E-state index contributed by atoms with van der Waals surface area (Å²) in [5.41, 5.74) is 5.73. The molecule has 6 heteroatoms. The van der Waals surface area contributed by atoms with Gasteiger partial charge in [0.1, 0.15) is 5.82 Å². The quantitative estimate of drug-likeness (QED) is 0.924. The Labute approximate surface area is 108 Å². The van der Waals surface area contributed by atoms with Crippen LogP contribution in [0.3, 0.4) is 0 Å². The molecule has 0 amide bonds. The van der Waals surface area contributed by atoms with Gasteiger partial charge >= 0.3 is 0 Å².